The van der Waals surface area contributed by atoms with E-state index in [1.807, 2.05) is 4.89 Å². The van der Waals surface area contributed by atoms with E-state index in [0.29, 0.717) is 16.0 Å². The molecule has 0 radical (unpaired) electrons. The van der Waals surface area contributed by atoms with Gasteiger partial charge in [-0.15, -0.1) is 0 Å². The lowest BCUT2D eigenvalue weighted by molar-refractivity contribution is -0.121. The van der Waals surface area contributed by atoms with Crippen molar-refractivity contribution in [2.24, 2.45) is 0 Å². The molecular weight excluding hydrogens is 420 g/mol. The van der Waals surface area contributed by atoms with Crippen LogP contribution in [0.2, 0.25) is 0 Å². The van der Waals surface area contributed by atoms with E-state index in [2.05, 4.69) is 31.2 Å². The number of aromatic nitrogens is 2. The highest BCUT2D eigenvalue weighted by molar-refractivity contribution is 9.11. The number of carbonyl (C=O) groups is 1. The maximum Gasteiger partial charge on any atom is 0.264 e. The summed E-state index contributed by atoms with van der Waals surface area (Å²) in [5, 5.41) is 3.40. The third-order valence-electron chi connectivity index (χ3n) is 2.94. The molecule has 0 aliphatic heterocycles. The molecule has 0 unspecified atom stereocenters. The number of carbonyl (C=O) groups excluding carboxylic acids is 1. The van der Waals surface area contributed by atoms with E-state index in [9.17, 15) is 13.2 Å². The fraction of sp³-hybridized carbons (Fsp3) is 0.0769. The number of anilines is 1. The first-order valence-electron chi connectivity index (χ1n) is 6.56. The summed E-state index contributed by atoms with van der Waals surface area (Å²) in [6, 6.07) is 6.96. The van der Waals surface area contributed by atoms with Crippen LogP contribution in [-0.2, 0) is 19.7 Å². The van der Waals surface area contributed by atoms with Crippen molar-refractivity contribution < 1.29 is 18.0 Å². The van der Waals surface area contributed by atoms with Crippen LogP contribution in [0.1, 0.15) is 0 Å². The van der Waals surface area contributed by atoms with Gasteiger partial charge in [-0.05, 0) is 22.0 Å². The molecule has 2 aromatic heterocycles. The zero-order valence-corrected chi connectivity index (χ0v) is 15.2. The Bertz CT molecular complexity index is 983. The molecule has 0 fully saturated rings. The molecule has 8 nitrogen and oxygen atoms in total. The summed E-state index contributed by atoms with van der Waals surface area (Å²) < 4.78 is 25.3. The molecule has 11 heteroatoms. The van der Waals surface area contributed by atoms with Gasteiger partial charge in [0.25, 0.3) is 15.9 Å². The molecule has 0 aliphatic rings. The maximum absolute atomic E-state index is 12.2. The van der Waals surface area contributed by atoms with Crippen LogP contribution in [0.4, 0.5) is 5.13 Å². The van der Waals surface area contributed by atoms with Crippen LogP contribution in [0.15, 0.2) is 45.3 Å². The summed E-state index contributed by atoms with van der Waals surface area (Å²) in [5.41, 5.74) is 0.685. The van der Waals surface area contributed by atoms with Crippen LogP contribution in [-0.4, -0.2) is 30.9 Å². The second-order valence-electron chi connectivity index (χ2n) is 4.59. The van der Waals surface area contributed by atoms with Crippen molar-refractivity contribution in [2.45, 2.75) is 4.90 Å². The number of hydrogen-bond acceptors (Lipinski definition) is 6. The summed E-state index contributed by atoms with van der Waals surface area (Å²) in [4.78, 5) is 25.3. The highest BCUT2D eigenvalue weighted by Gasteiger charge is 2.19. The number of nitrogens with zero attached hydrogens (tertiary/aromatic N) is 1. The molecule has 2 heterocycles. The zero-order chi connectivity index (χ0) is 17.2. The van der Waals surface area contributed by atoms with Crippen molar-refractivity contribution in [2.75, 3.05) is 11.9 Å². The Morgan fingerprint density at radius 2 is 2.17 bits per heavy atom. The van der Waals surface area contributed by atoms with Crippen LogP contribution in [0.3, 0.4) is 0 Å². The van der Waals surface area contributed by atoms with Gasteiger partial charge in [-0.1, -0.05) is 34.4 Å². The number of thiazole rings is 1. The highest BCUT2D eigenvalue weighted by atomic mass is 79.9. The summed E-state index contributed by atoms with van der Waals surface area (Å²) >= 11 is 4.45. The molecule has 3 aromatic rings. The number of para-hydroxylation sites is 1. The van der Waals surface area contributed by atoms with Crippen molar-refractivity contribution in [1.82, 2.24) is 14.9 Å². The topological polar surface area (TPSA) is 113 Å². The first-order valence-corrected chi connectivity index (χ1v) is 9.66. The SMILES string of the molecule is O=C(CONS(=O)(=O)c1c[nH]c2ccccc12)Nc1ncc(Br)s1. The molecule has 0 spiro atoms. The predicted molar refractivity (Wildman–Crippen MR) is 93.0 cm³/mol. The quantitative estimate of drug-likeness (QED) is 0.518. The number of halogens is 1. The molecule has 1 aromatic carbocycles. The summed E-state index contributed by atoms with van der Waals surface area (Å²) in [5.74, 6) is -0.529. The van der Waals surface area contributed by atoms with E-state index < -0.39 is 22.5 Å². The number of fused-ring (bicyclic) bond motifs is 1. The molecule has 0 bridgehead atoms. The van der Waals surface area contributed by atoms with Crippen LogP contribution >= 0.6 is 27.3 Å². The first kappa shape index (κ1) is 17.0. The van der Waals surface area contributed by atoms with E-state index >= 15 is 0 Å². The molecule has 3 N–H and O–H groups in total. The zero-order valence-electron chi connectivity index (χ0n) is 11.9. The van der Waals surface area contributed by atoms with E-state index in [1.54, 1.807) is 30.5 Å². The third kappa shape index (κ3) is 3.82. The van der Waals surface area contributed by atoms with E-state index in [0.717, 1.165) is 3.79 Å². The molecule has 24 heavy (non-hydrogen) atoms. The number of amides is 1. The van der Waals surface area contributed by atoms with Crippen LogP contribution in [0, 0.1) is 0 Å². The average molecular weight is 431 g/mol. The van der Waals surface area contributed by atoms with Crippen molar-refractivity contribution >= 4 is 59.2 Å². The third-order valence-corrected chi connectivity index (χ3v) is 5.58. The Kier molecular flexibility index (Phi) is 4.96. The molecule has 0 atom stereocenters. The van der Waals surface area contributed by atoms with Crippen molar-refractivity contribution in [1.29, 1.82) is 0 Å². The van der Waals surface area contributed by atoms with Gasteiger partial charge in [-0.25, -0.2) is 13.4 Å². The van der Waals surface area contributed by atoms with E-state index in [1.165, 1.54) is 17.5 Å². The van der Waals surface area contributed by atoms with Gasteiger partial charge in [0.1, 0.15) is 11.5 Å². The Labute approximate surface area is 149 Å². The Balaban J connectivity index is 1.60. The fourth-order valence-corrected chi connectivity index (χ4v) is 4.06. The van der Waals surface area contributed by atoms with Crippen molar-refractivity contribution in [3.63, 3.8) is 0 Å². The predicted octanol–water partition coefficient (Wildman–Crippen LogP) is 2.24. The number of nitrogens with one attached hydrogen (secondary N) is 3. The minimum atomic E-state index is -3.91. The average Bonchev–Trinajstić information content (AvgIpc) is 3.13. The fourth-order valence-electron chi connectivity index (χ4n) is 1.95. The molecule has 0 saturated carbocycles. The van der Waals surface area contributed by atoms with Gasteiger partial charge in [0.05, 0.1) is 9.98 Å². The number of aromatic amines is 1. The summed E-state index contributed by atoms with van der Waals surface area (Å²) in [7, 11) is -3.91. The van der Waals surface area contributed by atoms with Crippen molar-refractivity contribution in [3.05, 3.63) is 40.4 Å². The maximum atomic E-state index is 12.2. The molecule has 0 aliphatic carbocycles. The largest absolute Gasteiger partial charge is 0.360 e. The van der Waals surface area contributed by atoms with E-state index in [-0.39, 0.29) is 4.90 Å². The normalized spacial score (nSPS) is 11.7. The minimum absolute atomic E-state index is 0.0439. The first-order chi connectivity index (χ1) is 11.5. The molecule has 3 rings (SSSR count). The monoisotopic (exact) mass is 430 g/mol. The van der Waals surface area contributed by atoms with Crippen molar-refractivity contribution in [3.8, 4) is 0 Å². The number of benzene rings is 1. The van der Waals surface area contributed by atoms with Crippen LogP contribution < -0.4 is 10.2 Å². The van der Waals surface area contributed by atoms with Gasteiger partial charge in [0.2, 0.25) is 0 Å². The van der Waals surface area contributed by atoms with Gasteiger partial charge in [-0.2, -0.15) is 0 Å². The molecule has 126 valence electrons. The highest BCUT2D eigenvalue weighted by Crippen LogP contribution is 2.23. The minimum Gasteiger partial charge on any atom is -0.360 e. The van der Waals surface area contributed by atoms with Gasteiger partial charge in [0, 0.05) is 17.1 Å². The van der Waals surface area contributed by atoms with Crippen LogP contribution in [0.5, 0.6) is 0 Å². The lowest BCUT2D eigenvalue weighted by Crippen LogP contribution is -2.29. The summed E-state index contributed by atoms with van der Waals surface area (Å²) in [6.45, 7) is -0.487. The summed E-state index contributed by atoms with van der Waals surface area (Å²) in [6.07, 6.45) is 2.91. The Hall–Kier alpha value is -1.79. The van der Waals surface area contributed by atoms with Gasteiger partial charge < -0.3 is 4.98 Å². The Morgan fingerprint density at radius 1 is 1.38 bits per heavy atom. The number of rotatable bonds is 6. The van der Waals surface area contributed by atoms with E-state index in [4.69, 9.17) is 4.84 Å². The lowest BCUT2D eigenvalue weighted by Gasteiger charge is -2.06. The van der Waals surface area contributed by atoms with Crippen LogP contribution in [0.25, 0.3) is 10.9 Å². The second kappa shape index (κ2) is 6.99. The van der Waals surface area contributed by atoms with Gasteiger partial charge in [0.15, 0.2) is 5.13 Å². The molecule has 1 amide bonds. The van der Waals surface area contributed by atoms with Gasteiger partial charge in [-0.3, -0.25) is 14.9 Å². The lowest BCUT2D eigenvalue weighted by atomic mass is 10.2. The number of hydrogen-bond donors (Lipinski definition) is 3. The number of H-pyrrole nitrogens is 1. The smallest absolute Gasteiger partial charge is 0.264 e. The second-order valence-corrected chi connectivity index (χ2v) is 8.61. The number of sulfonamides is 1. The molecule has 0 saturated heterocycles. The molecular formula is C13H11BrN4O4S2. The Morgan fingerprint density at radius 3 is 2.92 bits per heavy atom. The standard InChI is InChI=1S/C13H11BrN4O4S2/c14-11-6-16-13(23-11)17-12(19)7-22-18-24(20,21)10-5-15-9-4-2-1-3-8(9)10/h1-6,15,18H,7H2,(H,16,17,19). The van der Waals surface area contributed by atoms with Gasteiger partial charge >= 0.3 is 0 Å².